The normalized spacial score (nSPS) is 10.7. The SMILES string of the molecule is Cc1cc(C)cc(-n2nc(C)c(N)c2N)c1. The van der Waals surface area contributed by atoms with E-state index < -0.39 is 0 Å². The van der Waals surface area contributed by atoms with E-state index in [0.29, 0.717) is 11.5 Å². The van der Waals surface area contributed by atoms with Gasteiger partial charge in [-0.15, -0.1) is 0 Å². The van der Waals surface area contributed by atoms with Crippen LogP contribution in [0.15, 0.2) is 18.2 Å². The van der Waals surface area contributed by atoms with Gasteiger partial charge in [-0.05, 0) is 44.0 Å². The number of nitrogens with zero attached hydrogens (tertiary/aromatic N) is 2. The maximum Gasteiger partial charge on any atom is 0.150 e. The number of rotatable bonds is 1. The largest absolute Gasteiger partial charge is 0.394 e. The Hall–Kier alpha value is -1.97. The summed E-state index contributed by atoms with van der Waals surface area (Å²) in [4.78, 5) is 0. The number of aromatic nitrogens is 2. The molecule has 1 aromatic heterocycles. The van der Waals surface area contributed by atoms with E-state index >= 15 is 0 Å². The second kappa shape index (κ2) is 3.56. The summed E-state index contributed by atoms with van der Waals surface area (Å²) in [5.74, 6) is 0.502. The molecular weight excluding hydrogens is 200 g/mol. The lowest BCUT2D eigenvalue weighted by atomic mass is 10.1. The zero-order valence-corrected chi connectivity index (χ0v) is 9.78. The van der Waals surface area contributed by atoms with Gasteiger partial charge in [0.2, 0.25) is 0 Å². The first-order valence-electron chi connectivity index (χ1n) is 5.18. The second-order valence-corrected chi connectivity index (χ2v) is 4.14. The number of hydrogen-bond donors (Lipinski definition) is 2. The van der Waals surface area contributed by atoms with Gasteiger partial charge in [0.1, 0.15) is 0 Å². The number of hydrogen-bond acceptors (Lipinski definition) is 3. The summed E-state index contributed by atoms with van der Waals surface area (Å²) >= 11 is 0. The quantitative estimate of drug-likeness (QED) is 0.765. The molecule has 4 nitrogen and oxygen atoms in total. The van der Waals surface area contributed by atoms with Crippen LogP contribution >= 0.6 is 0 Å². The first-order valence-corrected chi connectivity index (χ1v) is 5.18. The highest BCUT2D eigenvalue weighted by Gasteiger charge is 2.10. The summed E-state index contributed by atoms with van der Waals surface area (Å²) in [5.41, 5.74) is 16.4. The van der Waals surface area contributed by atoms with E-state index in [-0.39, 0.29) is 0 Å². The smallest absolute Gasteiger partial charge is 0.150 e. The van der Waals surface area contributed by atoms with Crippen LogP contribution in [-0.4, -0.2) is 9.78 Å². The van der Waals surface area contributed by atoms with Crippen molar-refractivity contribution in [3.05, 3.63) is 35.0 Å². The van der Waals surface area contributed by atoms with Gasteiger partial charge in [0.05, 0.1) is 17.1 Å². The molecule has 0 saturated carbocycles. The van der Waals surface area contributed by atoms with Crippen LogP contribution in [0.25, 0.3) is 5.69 Å². The van der Waals surface area contributed by atoms with Crippen LogP contribution in [0.3, 0.4) is 0 Å². The standard InChI is InChI=1S/C12H16N4/c1-7-4-8(2)6-10(5-7)16-12(14)11(13)9(3)15-16/h4-6H,13-14H2,1-3H3. The fourth-order valence-corrected chi connectivity index (χ4v) is 1.83. The molecule has 2 rings (SSSR count). The Morgan fingerprint density at radius 1 is 1.00 bits per heavy atom. The maximum absolute atomic E-state index is 5.91. The molecule has 84 valence electrons. The van der Waals surface area contributed by atoms with Gasteiger partial charge in [0.15, 0.2) is 5.82 Å². The molecule has 0 atom stereocenters. The molecule has 0 aliphatic rings. The van der Waals surface area contributed by atoms with Gasteiger partial charge in [0, 0.05) is 0 Å². The summed E-state index contributed by atoms with van der Waals surface area (Å²) in [5, 5.41) is 4.33. The Bertz CT molecular complexity index is 520. The topological polar surface area (TPSA) is 69.9 Å². The second-order valence-electron chi connectivity index (χ2n) is 4.14. The Morgan fingerprint density at radius 3 is 2.00 bits per heavy atom. The lowest BCUT2D eigenvalue weighted by Crippen LogP contribution is -2.03. The molecule has 0 aliphatic carbocycles. The zero-order valence-electron chi connectivity index (χ0n) is 9.78. The van der Waals surface area contributed by atoms with Crippen LogP contribution in [0.5, 0.6) is 0 Å². The minimum absolute atomic E-state index is 0.502. The van der Waals surface area contributed by atoms with Crippen LogP contribution in [0.2, 0.25) is 0 Å². The molecule has 2 aromatic rings. The van der Waals surface area contributed by atoms with Crippen molar-refractivity contribution < 1.29 is 0 Å². The molecule has 1 heterocycles. The molecule has 0 bridgehead atoms. The molecule has 16 heavy (non-hydrogen) atoms. The number of nitrogen functional groups attached to an aromatic ring is 2. The zero-order chi connectivity index (χ0) is 11.9. The van der Waals surface area contributed by atoms with Gasteiger partial charge in [-0.1, -0.05) is 6.07 Å². The van der Waals surface area contributed by atoms with E-state index in [2.05, 4.69) is 11.2 Å². The molecule has 1 aromatic carbocycles. The van der Waals surface area contributed by atoms with Gasteiger partial charge in [-0.3, -0.25) is 0 Å². The summed E-state index contributed by atoms with van der Waals surface area (Å²) in [6, 6.07) is 6.18. The lowest BCUT2D eigenvalue weighted by molar-refractivity contribution is 0.869. The Labute approximate surface area is 94.9 Å². The van der Waals surface area contributed by atoms with E-state index in [1.807, 2.05) is 32.9 Å². The Morgan fingerprint density at radius 2 is 1.56 bits per heavy atom. The lowest BCUT2D eigenvalue weighted by Gasteiger charge is -2.06. The highest BCUT2D eigenvalue weighted by molar-refractivity contribution is 5.64. The molecule has 0 aliphatic heterocycles. The van der Waals surface area contributed by atoms with E-state index in [0.717, 1.165) is 11.4 Å². The minimum Gasteiger partial charge on any atom is -0.394 e. The van der Waals surface area contributed by atoms with Crippen LogP contribution in [0.4, 0.5) is 11.5 Å². The Balaban J connectivity index is 2.62. The number of aryl methyl sites for hydroxylation is 3. The van der Waals surface area contributed by atoms with E-state index in [1.165, 1.54) is 11.1 Å². The van der Waals surface area contributed by atoms with Crippen molar-refractivity contribution in [2.75, 3.05) is 11.5 Å². The van der Waals surface area contributed by atoms with Gasteiger partial charge in [-0.25, -0.2) is 4.68 Å². The van der Waals surface area contributed by atoms with Crippen molar-refractivity contribution in [2.24, 2.45) is 0 Å². The summed E-state index contributed by atoms with van der Waals surface area (Å²) in [6.45, 7) is 5.95. The highest BCUT2D eigenvalue weighted by atomic mass is 15.3. The first-order chi connectivity index (χ1) is 7.49. The fraction of sp³-hybridized carbons (Fsp3) is 0.250. The van der Waals surface area contributed by atoms with E-state index in [1.54, 1.807) is 4.68 Å². The summed E-state index contributed by atoms with van der Waals surface area (Å²) in [7, 11) is 0. The molecule has 0 unspecified atom stereocenters. The van der Waals surface area contributed by atoms with Gasteiger partial charge in [0.25, 0.3) is 0 Å². The highest BCUT2D eigenvalue weighted by Crippen LogP contribution is 2.23. The summed E-state index contributed by atoms with van der Waals surface area (Å²) < 4.78 is 1.69. The average Bonchev–Trinajstić information content (AvgIpc) is 2.44. The molecule has 0 amide bonds. The monoisotopic (exact) mass is 216 g/mol. The maximum atomic E-state index is 5.91. The molecule has 0 fully saturated rings. The number of benzene rings is 1. The van der Waals surface area contributed by atoms with Crippen molar-refractivity contribution in [1.29, 1.82) is 0 Å². The molecule has 4 heteroatoms. The molecule has 4 N–H and O–H groups in total. The third-order valence-corrected chi connectivity index (χ3v) is 2.59. The minimum atomic E-state index is 0.502. The van der Waals surface area contributed by atoms with Crippen LogP contribution in [0, 0.1) is 20.8 Å². The third-order valence-electron chi connectivity index (χ3n) is 2.59. The van der Waals surface area contributed by atoms with Crippen molar-refractivity contribution >= 4 is 11.5 Å². The van der Waals surface area contributed by atoms with Gasteiger partial charge >= 0.3 is 0 Å². The predicted molar refractivity (Wildman–Crippen MR) is 66.6 cm³/mol. The van der Waals surface area contributed by atoms with Crippen molar-refractivity contribution in [3.63, 3.8) is 0 Å². The molecule has 0 radical (unpaired) electrons. The summed E-state index contributed by atoms with van der Waals surface area (Å²) in [6.07, 6.45) is 0. The number of anilines is 2. The average molecular weight is 216 g/mol. The van der Waals surface area contributed by atoms with Crippen LogP contribution in [0.1, 0.15) is 16.8 Å². The molecule has 0 spiro atoms. The van der Waals surface area contributed by atoms with Crippen molar-refractivity contribution in [3.8, 4) is 5.69 Å². The van der Waals surface area contributed by atoms with Crippen molar-refractivity contribution in [2.45, 2.75) is 20.8 Å². The van der Waals surface area contributed by atoms with Crippen LogP contribution in [-0.2, 0) is 0 Å². The van der Waals surface area contributed by atoms with Crippen LogP contribution < -0.4 is 11.5 Å². The van der Waals surface area contributed by atoms with E-state index in [9.17, 15) is 0 Å². The number of nitrogens with two attached hydrogens (primary N) is 2. The van der Waals surface area contributed by atoms with E-state index in [4.69, 9.17) is 11.5 Å². The predicted octanol–water partition coefficient (Wildman–Crippen LogP) is 1.96. The van der Waals surface area contributed by atoms with Gasteiger partial charge < -0.3 is 11.5 Å². The molecule has 0 saturated heterocycles. The Kier molecular flexibility index (Phi) is 2.34. The van der Waals surface area contributed by atoms with Gasteiger partial charge in [-0.2, -0.15) is 5.10 Å². The van der Waals surface area contributed by atoms with Crippen molar-refractivity contribution in [1.82, 2.24) is 9.78 Å². The first kappa shape index (κ1) is 10.5. The third kappa shape index (κ3) is 1.62. The molecular formula is C12H16N4. The fourth-order valence-electron chi connectivity index (χ4n) is 1.83.